The Bertz CT molecular complexity index is 569. The number of ether oxygens (including phenoxy) is 1. The Labute approximate surface area is 104 Å². The molecule has 18 heavy (non-hydrogen) atoms. The molecule has 0 spiro atoms. The van der Waals surface area contributed by atoms with Crippen molar-refractivity contribution in [2.24, 2.45) is 0 Å². The fourth-order valence-corrected chi connectivity index (χ4v) is 1.70. The highest BCUT2D eigenvalue weighted by Gasteiger charge is 2.13. The van der Waals surface area contributed by atoms with Crippen LogP contribution in [0.25, 0.3) is 11.3 Å². The molecule has 1 heterocycles. The van der Waals surface area contributed by atoms with Crippen LogP contribution in [0.15, 0.2) is 24.3 Å². The van der Waals surface area contributed by atoms with Gasteiger partial charge in [-0.15, -0.1) is 5.10 Å². The van der Waals surface area contributed by atoms with Gasteiger partial charge in [-0.3, -0.25) is 0 Å². The number of nitriles is 1. The van der Waals surface area contributed by atoms with Crippen molar-refractivity contribution in [3.05, 3.63) is 30.0 Å². The van der Waals surface area contributed by atoms with Gasteiger partial charge in [-0.25, -0.2) is 4.68 Å². The van der Waals surface area contributed by atoms with Crippen LogP contribution in [0, 0.1) is 11.3 Å². The van der Waals surface area contributed by atoms with E-state index in [9.17, 15) is 5.11 Å². The minimum atomic E-state index is -0.215. The second-order valence-corrected chi connectivity index (χ2v) is 3.59. The molecule has 0 atom stereocenters. The molecule has 2 aromatic rings. The van der Waals surface area contributed by atoms with Crippen LogP contribution in [0.5, 0.6) is 5.75 Å². The van der Waals surface area contributed by atoms with E-state index in [0.29, 0.717) is 11.4 Å². The lowest BCUT2D eigenvalue weighted by molar-refractivity contribution is 0.277. The van der Waals surface area contributed by atoms with Crippen molar-refractivity contribution in [1.29, 1.82) is 5.26 Å². The summed E-state index contributed by atoms with van der Waals surface area (Å²) in [4.78, 5) is 0. The van der Waals surface area contributed by atoms with E-state index >= 15 is 0 Å². The molecule has 1 aromatic heterocycles. The standard InChI is InChI=1S/C12H12N4O2/c1-18-10-4-2-9(3-5-10)12-11(8-17)14-15-16(12)7-6-13/h2-5,17H,7-8H2,1H3. The van der Waals surface area contributed by atoms with E-state index in [-0.39, 0.29) is 13.2 Å². The minimum absolute atomic E-state index is 0.0916. The fourth-order valence-electron chi connectivity index (χ4n) is 1.70. The molecule has 0 saturated carbocycles. The first-order valence-corrected chi connectivity index (χ1v) is 5.34. The topological polar surface area (TPSA) is 84.0 Å². The smallest absolute Gasteiger partial charge is 0.130 e. The van der Waals surface area contributed by atoms with Crippen LogP contribution in [0.4, 0.5) is 0 Å². The molecule has 1 aromatic carbocycles. The quantitative estimate of drug-likeness (QED) is 0.866. The largest absolute Gasteiger partial charge is 0.497 e. The van der Waals surface area contributed by atoms with Gasteiger partial charge in [-0.05, 0) is 24.3 Å². The Balaban J connectivity index is 2.47. The summed E-state index contributed by atoms with van der Waals surface area (Å²) in [5.74, 6) is 0.739. The van der Waals surface area contributed by atoms with E-state index in [1.807, 2.05) is 18.2 Å². The van der Waals surface area contributed by atoms with E-state index in [4.69, 9.17) is 10.00 Å². The maximum atomic E-state index is 9.24. The van der Waals surface area contributed by atoms with Crippen molar-refractivity contribution in [1.82, 2.24) is 15.0 Å². The SMILES string of the molecule is COc1ccc(-c2c(CO)nnn2CC#N)cc1. The molecule has 0 amide bonds. The molecule has 6 heteroatoms. The highest BCUT2D eigenvalue weighted by atomic mass is 16.5. The van der Waals surface area contributed by atoms with Crippen LogP contribution in [0.3, 0.4) is 0 Å². The van der Waals surface area contributed by atoms with Gasteiger partial charge in [0.05, 0.1) is 25.5 Å². The van der Waals surface area contributed by atoms with Crippen molar-refractivity contribution in [2.75, 3.05) is 7.11 Å². The number of hydrogen-bond donors (Lipinski definition) is 1. The van der Waals surface area contributed by atoms with E-state index in [1.54, 1.807) is 19.2 Å². The van der Waals surface area contributed by atoms with Gasteiger partial charge >= 0.3 is 0 Å². The summed E-state index contributed by atoms with van der Waals surface area (Å²) in [6, 6.07) is 9.30. The Morgan fingerprint density at radius 3 is 2.67 bits per heavy atom. The first kappa shape index (κ1) is 12.1. The van der Waals surface area contributed by atoms with E-state index in [0.717, 1.165) is 11.3 Å². The van der Waals surface area contributed by atoms with Crippen LogP contribution >= 0.6 is 0 Å². The maximum Gasteiger partial charge on any atom is 0.130 e. The fraction of sp³-hybridized carbons (Fsp3) is 0.250. The zero-order valence-electron chi connectivity index (χ0n) is 9.87. The van der Waals surface area contributed by atoms with Crippen LogP contribution in [0.2, 0.25) is 0 Å². The zero-order valence-corrected chi connectivity index (χ0v) is 9.87. The summed E-state index contributed by atoms with van der Waals surface area (Å²) in [5, 5.41) is 25.7. The van der Waals surface area contributed by atoms with Gasteiger partial charge < -0.3 is 9.84 Å². The average molecular weight is 244 g/mol. The molecule has 1 N–H and O–H groups in total. The van der Waals surface area contributed by atoms with Gasteiger partial charge in [0.25, 0.3) is 0 Å². The molecule has 0 aliphatic heterocycles. The lowest BCUT2D eigenvalue weighted by Gasteiger charge is -2.05. The van der Waals surface area contributed by atoms with Crippen LogP contribution in [-0.2, 0) is 13.2 Å². The highest BCUT2D eigenvalue weighted by molar-refractivity contribution is 5.62. The maximum absolute atomic E-state index is 9.24. The summed E-state index contributed by atoms with van der Waals surface area (Å²) in [5.41, 5.74) is 1.94. The summed E-state index contributed by atoms with van der Waals surface area (Å²) >= 11 is 0. The Morgan fingerprint density at radius 2 is 2.11 bits per heavy atom. The zero-order chi connectivity index (χ0) is 13.0. The molecular formula is C12H12N4O2. The number of hydrogen-bond acceptors (Lipinski definition) is 5. The van der Waals surface area contributed by atoms with Crippen LogP contribution in [-0.4, -0.2) is 27.2 Å². The van der Waals surface area contributed by atoms with Gasteiger partial charge in [0.2, 0.25) is 0 Å². The molecule has 6 nitrogen and oxygen atoms in total. The van der Waals surface area contributed by atoms with Crippen molar-refractivity contribution in [3.8, 4) is 23.1 Å². The molecule has 0 radical (unpaired) electrons. The number of aliphatic hydroxyl groups is 1. The van der Waals surface area contributed by atoms with Crippen molar-refractivity contribution < 1.29 is 9.84 Å². The van der Waals surface area contributed by atoms with Crippen molar-refractivity contribution >= 4 is 0 Å². The molecule has 0 aliphatic carbocycles. The lowest BCUT2D eigenvalue weighted by Crippen LogP contribution is -2.01. The number of rotatable bonds is 4. The predicted octanol–water partition coefficient (Wildman–Crippen LogP) is 0.970. The molecular weight excluding hydrogens is 232 g/mol. The van der Waals surface area contributed by atoms with Gasteiger partial charge in [0.15, 0.2) is 0 Å². The average Bonchev–Trinajstić information content (AvgIpc) is 2.82. The molecule has 0 bridgehead atoms. The van der Waals surface area contributed by atoms with E-state index < -0.39 is 0 Å². The van der Waals surface area contributed by atoms with Crippen molar-refractivity contribution in [2.45, 2.75) is 13.2 Å². The second kappa shape index (κ2) is 5.29. The van der Waals surface area contributed by atoms with Crippen LogP contribution in [0.1, 0.15) is 5.69 Å². The number of aromatic nitrogens is 3. The molecule has 92 valence electrons. The molecule has 0 fully saturated rings. The lowest BCUT2D eigenvalue weighted by atomic mass is 10.1. The minimum Gasteiger partial charge on any atom is -0.497 e. The normalized spacial score (nSPS) is 10.1. The Kier molecular flexibility index (Phi) is 3.55. The summed E-state index contributed by atoms with van der Waals surface area (Å²) in [6.45, 7) is -0.124. The highest BCUT2D eigenvalue weighted by Crippen LogP contribution is 2.24. The summed E-state index contributed by atoms with van der Waals surface area (Å²) in [7, 11) is 1.59. The molecule has 0 saturated heterocycles. The summed E-state index contributed by atoms with van der Waals surface area (Å²) in [6.07, 6.45) is 0. The van der Waals surface area contributed by atoms with Gasteiger partial charge in [-0.2, -0.15) is 5.26 Å². The van der Waals surface area contributed by atoms with Gasteiger partial charge in [-0.1, -0.05) is 5.21 Å². The van der Waals surface area contributed by atoms with Gasteiger partial charge in [0.1, 0.15) is 18.0 Å². The van der Waals surface area contributed by atoms with E-state index in [2.05, 4.69) is 10.3 Å². The van der Waals surface area contributed by atoms with Crippen LogP contribution < -0.4 is 4.74 Å². The van der Waals surface area contributed by atoms with Crippen molar-refractivity contribution in [3.63, 3.8) is 0 Å². The number of aliphatic hydroxyl groups excluding tert-OH is 1. The number of methoxy groups -OCH3 is 1. The third-order valence-electron chi connectivity index (χ3n) is 2.54. The monoisotopic (exact) mass is 244 g/mol. The predicted molar refractivity (Wildman–Crippen MR) is 63.5 cm³/mol. The third kappa shape index (κ3) is 2.17. The molecule has 0 unspecified atom stereocenters. The second-order valence-electron chi connectivity index (χ2n) is 3.59. The number of benzene rings is 1. The first-order chi connectivity index (χ1) is 8.80. The Hall–Kier alpha value is -2.39. The number of nitrogens with zero attached hydrogens (tertiary/aromatic N) is 4. The van der Waals surface area contributed by atoms with Gasteiger partial charge in [0, 0.05) is 5.56 Å². The first-order valence-electron chi connectivity index (χ1n) is 5.34. The molecule has 2 rings (SSSR count). The third-order valence-corrected chi connectivity index (χ3v) is 2.54. The van der Waals surface area contributed by atoms with E-state index in [1.165, 1.54) is 4.68 Å². The Morgan fingerprint density at radius 1 is 1.39 bits per heavy atom. The summed E-state index contributed by atoms with van der Waals surface area (Å²) < 4.78 is 6.55. The molecule has 0 aliphatic rings.